The van der Waals surface area contributed by atoms with E-state index < -0.39 is 34.5 Å². The van der Waals surface area contributed by atoms with E-state index in [1.165, 1.54) is 192 Å². The first-order valence-corrected chi connectivity index (χ1v) is 24.6. The summed E-state index contributed by atoms with van der Waals surface area (Å²) in [6.45, 7) is 7.62. The molecule has 352 valence electrons. The molecule has 0 spiro atoms. The van der Waals surface area contributed by atoms with Gasteiger partial charge in [0.25, 0.3) is 0 Å². The summed E-state index contributed by atoms with van der Waals surface area (Å²) in [6.07, 6.45) is 41.2. The Bertz CT molecular complexity index is 1120. The average molecular weight is 861 g/mol. The fourth-order valence-corrected chi connectivity index (χ4v) is 7.84. The van der Waals surface area contributed by atoms with Gasteiger partial charge in [0, 0.05) is 12.4 Å². The van der Waals surface area contributed by atoms with Gasteiger partial charge in [-0.2, -0.15) is 0 Å². The number of rotatable bonds is 39. The molecule has 1 aromatic carbocycles. The van der Waals surface area contributed by atoms with E-state index in [0.717, 1.165) is 31.2 Å². The second kappa shape index (κ2) is 45.4. The van der Waals surface area contributed by atoms with Gasteiger partial charge in [0.2, 0.25) is 0 Å². The zero-order valence-corrected chi connectivity index (χ0v) is 40.2. The predicted molar refractivity (Wildman–Crippen MR) is 246 cm³/mol. The van der Waals surface area contributed by atoms with E-state index in [4.69, 9.17) is 0 Å². The van der Waals surface area contributed by atoms with Gasteiger partial charge < -0.3 is 42.8 Å². The quantitative estimate of drug-likeness (QED) is 0.0423. The minimum absolute atomic E-state index is 0. The van der Waals surface area contributed by atoms with Crippen molar-refractivity contribution < 1.29 is 32.8 Å². The van der Waals surface area contributed by atoms with Gasteiger partial charge in [0.1, 0.15) is 10.1 Å². The molecule has 0 unspecified atom stereocenters. The lowest BCUT2D eigenvalue weighted by Gasteiger charge is -2.33. The van der Waals surface area contributed by atoms with Crippen LogP contribution in [0.1, 0.15) is 231 Å². The van der Waals surface area contributed by atoms with Crippen molar-refractivity contribution in [1.82, 2.24) is 23.4 Å². The number of nitrogens with zero attached hydrogens (tertiary/aromatic N) is 1. The lowest BCUT2D eigenvalue weighted by Crippen LogP contribution is -2.51. The molecule has 0 aliphatic heterocycles. The van der Waals surface area contributed by atoms with Crippen molar-refractivity contribution in [3.05, 3.63) is 29.8 Å². The molecule has 1 rings (SSSR count). The highest BCUT2D eigenvalue weighted by molar-refractivity contribution is 7.85. The molecular formula is C47H96N4O7S. The second-order valence-corrected chi connectivity index (χ2v) is 17.7. The van der Waals surface area contributed by atoms with Crippen LogP contribution in [0, 0.1) is 6.92 Å². The molecule has 1 atom stereocenters. The van der Waals surface area contributed by atoms with Crippen LogP contribution in [-0.4, -0.2) is 48.9 Å². The molecule has 0 saturated carbocycles. The highest BCUT2D eigenvalue weighted by Crippen LogP contribution is 2.17. The number of unbranched alkanes of at least 4 members (excludes halogenated alkanes) is 30. The van der Waals surface area contributed by atoms with Gasteiger partial charge in [-0.05, 0) is 45.0 Å². The molecule has 0 fully saturated rings. The third-order valence-electron chi connectivity index (χ3n) is 11.0. The fourth-order valence-electron chi connectivity index (χ4n) is 7.37. The molecule has 0 amide bonds. The maximum atomic E-state index is 11.8. The van der Waals surface area contributed by atoms with Crippen molar-refractivity contribution in [1.29, 1.82) is 0 Å². The van der Waals surface area contributed by atoms with Crippen molar-refractivity contribution >= 4 is 22.1 Å². The Kier molecular flexibility index (Phi) is 48.9. The van der Waals surface area contributed by atoms with E-state index in [9.17, 15) is 32.8 Å². The molecule has 11 nitrogen and oxygen atoms in total. The first-order chi connectivity index (χ1) is 27.0. The largest absolute Gasteiger partial charge is 0.744 e. The topological polar surface area (TPSA) is 250 Å². The van der Waals surface area contributed by atoms with Crippen LogP contribution in [0.2, 0.25) is 0 Å². The third kappa shape index (κ3) is 42.4. The average Bonchev–Trinajstić information content (AvgIpc) is 3.15. The highest BCUT2D eigenvalue weighted by atomic mass is 32.2. The number of aryl methyl sites for hydroxylation is 1. The van der Waals surface area contributed by atoms with Crippen molar-refractivity contribution in [2.75, 3.05) is 13.1 Å². The number of carboxylic acids is 2. The van der Waals surface area contributed by atoms with E-state index in [0.29, 0.717) is 13.1 Å². The first-order valence-electron chi connectivity index (χ1n) is 23.2. The number of carboxylic acid groups (broad SMARTS) is 2. The zero-order valence-electron chi connectivity index (χ0n) is 39.3. The SMILES string of the molecule is CCCCCCCCCCCCCCCCCCN(CCCCCCCCCCCCCCCCCC)[C@@H](CC(=O)[O-])C(=O)[O-].Cc1ccc(S(=O)(=O)[O-])cc1.[NH4+].[NH4+].[NH4+]. The summed E-state index contributed by atoms with van der Waals surface area (Å²) in [5.41, 5.74) is 0.928. The number of benzene rings is 1. The van der Waals surface area contributed by atoms with Gasteiger partial charge in [-0.25, -0.2) is 8.42 Å². The summed E-state index contributed by atoms with van der Waals surface area (Å²) < 4.78 is 31.2. The maximum Gasteiger partial charge on any atom is 0.124 e. The standard InChI is InChI=1S/C40H79NO4.C7H8O3S.3H3N/c1-3-5-7-9-11-13-15-17-19-21-23-25-27-29-31-33-35-41(38(40(44)45)37-39(42)43)36-34-32-30-28-26-24-22-20-18-16-14-12-10-8-6-4-2;1-6-2-4-7(5-3-6)11(8,9)10;;;/h38H,3-37H2,1-2H3,(H,42,43)(H,44,45);2-5H,1H3,(H,8,9,10);3*1H3/t38-;;;;/m0..../s1. The van der Waals surface area contributed by atoms with Crippen molar-refractivity contribution in [3.8, 4) is 0 Å². The first kappa shape index (κ1) is 63.5. The number of hydrogen-bond acceptors (Lipinski definition) is 8. The number of carbonyl (C=O) groups excluding carboxylic acids is 2. The summed E-state index contributed by atoms with van der Waals surface area (Å²) in [6, 6.07) is 4.70. The fraction of sp³-hybridized carbons (Fsp3) is 0.830. The summed E-state index contributed by atoms with van der Waals surface area (Å²) in [7, 11) is -4.27. The molecule has 12 N–H and O–H groups in total. The second-order valence-electron chi connectivity index (χ2n) is 16.3. The minimum atomic E-state index is -4.27. The van der Waals surface area contributed by atoms with E-state index in [-0.39, 0.29) is 23.3 Å². The Labute approximate surface area is 363 Å². The van der Waals surface area contributed by atoms with Crippen molar-refractivity contribution in [2.24, 2.45) is 0 Å². The molecule has 0 aliphatic rings. The van der Waals surface area contributed by atoms with Crippen LogP contribution in [-0.2, 0) is 19.7 Å². The molecule has 0 aromatic heterocycles. The van der Waals surface area contributed by atoms with Gasteiger partial charge in [-0.1, -0.05) is 224 Å². The summed E-state index contributed by atoms with van der Waals surface area (Å²) in [5.74, 6) is -2.60. The lowest BCUT2D eigenvalue weighted by atomic mass is 10.0. The Hall–Kier alpha value is -2.09. The van der Waals surface area contributed by atoms with E-state index in [2.05, 4.69) is 13.8 Å². The number of hydrogen-bond donors (Lipinski definition) is 3. The molecule has 59 heavy (non-hydrogen) atoms. The summed E-state index contributed by atoms with van der Waals surface area (Å²) in [4.78, 5) is 24.7. The van der Waals surface area contributed by atoms with Crippen molar-refractivity contribution in [2.45, 2.75) is 244 Å². The highest BCUT2D eigenvalue weighted by Gasteiger charge is 2.19. The summed E-state index contributed by atoms with van der Waals surface area (Å²) in [5, 5.41) is 23.0. The van der Waals surface area contributed by atoms with Crippen LogP contribution >= 0.6 is 0 Å². The van der Waals surface area contributed by atoms with Gasteiger partial charge in [0.15, 0.2) is 0 Å². The molecule has 0 heterocycles. The Morgan fingerprint density at radius 2 is 0.746 bits per heavy atom. The molecule has 1 aromatic rings. The molecule has 0 bridgehead atoms. The number of carbonyl (C=O) groups is 2. The van der Waals surface area contributed by atoms with Gasteiger partial charge in [0.05, 0.1) is 16.9 Å². The zero-order chi connectivity index (χ0) is 41.5. The summed E-state index contributed by atoms with van der Waals surface area (Å²) >= 11 is 0. The molecule has 0 aliphatic carbocycles. The number of quaternary nitrogens is 3. The predicted octanol–water partition coefficient (Wildman–Crippen LogP) is 12.1. The van der Waals surface area contributed by atoms with E-state index >= 15 is 0 Å². The monoisotopic (exact) mass is 861 g/mol. The van der Waals surface area contributed by atoms with Crippen LogP contribution in [0.5, 0.6) is 0 Å². The smallest absolute Gasteiger partial charge is 0.124 e. The van der Waals surface area contributed by atoms with Gasteiger partial charge in [-0.15, -0.1) is 0 Å². The van der Waals surface area contributed by atoms with Crippen molar-refractivity contribution in [3.63, 3.8) is 0 Å². The van der Waals surface area contributed by atoms with Gasteiger partial charge in [-0.3, -0.25) is 4.90 Å². The number of aliphatic carboxylic acids is 2. The van der Waals surface area contributed by atoms with Crippen LogP contribution in [0.25, 0.3) is 0 Å². The molecule has 0 radical (unpaired) electrons. The third-order valence-corrected chi connectivity index (χ3v) is 11.8. The van der Waals surface area contributed by atoms with Gasteiger partial charge >= 0.3 is 0 Å². The Balaban J connectivity index is -0.000000927. The van der Waals surface area contributed by atoms with Crippen LogP contribution in [0.4, 0.5) is 0 Å². The van der Waals surface area contributed by atoms with Crippen LogP contribution in [0.15, 0.2) is 29.2 Å². The molecule has 12 heteroatoms. The Morgan fingerprint density at radius 3 is 0.966 bits per heavy atom. The lowest BCUT2D eigenvalue weighted by molar-refractivity contribution is -0.320. The molecule has 0 saturated heterocycles. The van der Waals surface area contributed by atoms with E-state index in [1.54, 1.807) is 12.1 Å². The Morgan fingerprint density at radius 1 is 0.492 bits per heavy atom. The van der Waals surface area contributed by atoms with Crippen LogP contribution < -0.4 is 28.7 Å². The minimum Gasteiger partial charge on any atom is -0.744 e. The van der Waals surface area contributed by atoms with E-state index in [1.807, 2.05) is 11.8 Å². The maximum absolute atomic E-state index is 11.8. The normalized spacial score (nSPS) is 11.5. The molecular weight excluding hydrogens is 765 g/mol. The van der Waals surface area contributed by atoms with Crippen LogP contribution in [0.3, 0.4) is 0 Å².